The van der Waals surface area contributed by atoms with Gasteiger partial charge in [-0.3, -0.25) is 10.6 Å². The van der Waals surface area contributed by atoms with Crippen molar-refractivity contribution in [1.82, 2.24) is 10.3 Å². The molecule has 0 spiro atoms. The number of nitrogen functional groups attached to an aromatic ring is 1. The fourth-order valence-electron chi connectivity index (χ4n) is 2.67. The number of hydrazine groups is 1. The molecule has 4 N–H and O–H groups in total. The molecule has 0 aliphatic heterocycles. The average Bonchev–Trinajstić information content (AvgIpc) is 2.48. The zero-order valence-electron chi connectivity index (χ0n) is 11.9. The monoisotopic (exact) mass is 284 g/mol. The Morgan fingerprint density at radius 2 is 2.14 bits per heavy atom. The molecule has 1 heterocycles. The van der Waals surface area contributed by atoms with Crippen LogP contribution in [0.2, 0.25) is 0 Å². The van der Waals surface area contributed by atoms with E-state index < -0.39 is 0 Å². The van der Waals surface area contributed by atoms with Crippen LogP contribution >= 0.6 is 0 Å². The minimum atomic E-state index is -0.142. The summed E-state index contributed by atoms with van der Waals surface area (Å²) in [6, 6.07) is 9.31. The van der Waals surface area contributed by atoms with Crippen molar-refractivity contribution in [3.63, 3.8) is 0 Å². The van der Waals surface area contributed by atoms with Crippen molar-refractivity contribution in [2.24, 2.45) is 11.8 Å². The van der Waals surface area contributed by atoms with Crippen LogP contribution in [-0.2, 0) is 0 Å². The lowest BCUT2D eigenvalue weighted by Gasteiger charge is -2.25. The lowest BCUT2D eigenvalue weighted by atomic mass is 9.83. The van der Waals surface area contributed by atoms with E-state index in [1.807, 2.05) is 24.3 Å². The number of amides is 1. The maximum Gasteiger partial charge on any atom is 0.269 e. The first-order valence-electron chi connectivity index (χ1n) is 7.42. The molecule has 5 nitrogen and oxygen atoms in total. The number of rotatable bonds is 5. The summed E-state index contributed by atoms with van der Waals surface area (Å²) in [4.78, 5) is 16.6. The average molecular weight is 284 g/mol. The van der Waals surface area contributed by atoms with Crippen LogP contribution in [0.15, 0.2) is 30.3 Å². The predicted octanol–water partition coefficient (Wildman–Crippen LogP) is 2.44. The summed E-state index contributed by atoms with van der Waals surface area (Å²) < 4.78 is 0. The van der Waals surface area contributed by atoms with E-state index in [2.05, 4.69) is 15.7 Å². The summed E-state index contributed by atoms with van der Waals surface area (Å²) in [5, 5.41) is 3.85. The largest absolute Gasteiger partial charge is 0.351 e. The number of nitrogens with one attached hydrogen (secondary N) is 2. The molecular formula is C16H20N4O. The predicted molar refractivity (Wildman–Crippen MR) is 83.8 cm³/mol. The molecule has 0 bridgehead atoms. The molecule has 110 valence electrons. The number of carbonyl (C=O) groups is 1. The molecule has 0 saturated heterocycles. The van der Waals surface area contributed by atoms with Gasteiger partial charge < -0.3 is 10.7 Å². The van der Waals surface area contributed by atoms with Crippen molar-refractivity contribution in [2.75, 3.05) is 12.0 Å². The Hall–Kier alpha value is -2.14. The quantitative estimate of drug-likeness (QED) is 0.582. The fraction of sp³-hybridized carbons (Fsp3) is 0.375. The highest BCUT2D eigenvalue weighted by atomic mass is 16.1. The summed E-state index contributed by atoms with van der Waals surface area (Å²) in [5.74, 6) is 6.19. The Kier molecular flexibility index (Phi) is 4.01. The number of para-hydroxylation sites is 1. The minimum Gasteiger partial charge on any atom is -0.351 e. The number of carbonyl (C=O) groups excluding carboxylic acids is 1. The van der Waals surface area contributed by atoms with Gasteiger partial charge in [-0.25, -0.2) is 4.98 Å². The van der Waals surface area contributed by atoms with Crippen molar-refractivity contribution in [3.05, 3.63) is 36.0 Å². The van der Waals surface area contributed by atoms with Gasteiger partial charge in [-0.15, -0.1) is 0 Å². The first-order chi connectivity index (χ1) is 10.3. The van der Waals surface area contributed by atoms with Crippen molar-refractivity contribution in [1.29, 1.82) is 0 Å². The third-order valence-electron chi connectivity index (χ3n) is 4.17. The lowest BCUT2D eigenvalue weighted by molar-refractivity contribution is 0.0944. The van der Waals surface area contributed by atoms with E-state index in [4.69, 9.17) is 5.84 Å². The molecule has 21 heavy (non-hydrogen) atoms. The maximum atomic E-state index is 12.2. The molecule has 5 heteroatoms. The van der Waals surface area contributed by atoms with E-state index in [0.717, 1.165) is 23.2 Å². The van der Waals surface area contributed by atoms with E-state index >= 15 is 0 Å². The molecule has 1 aliphatic carbocycles. The minimum absolute atomic E-state index is 0.142. The van der Waals surface area contributed by atoms with Crippen LogP contribution in [0, 0.1) is 5.92 Å². The van der Waals surface area contributed by atoms with Crippen molar-refractivity contribution >= 4 is 22.5 Å². The van der Waals surface area contributed by atoms with Crippen molar-refractivity contribution in [2.45, 2.75) is 25.7 Å². The molecule has 1 fully saturated rings. The number of hydrogen-bond acceptors (Lipinski definition) is 4. The summed E-state index contributed by atoms with van der Waals surface area (Å²) in [5.41, 5.74) is 4.51. The number of nitrogens with two attached hydrogens (primary N) is 1. The van der Waals surface area contributed by atoms with Crippen LogP contribution in [0.25, 0.3) is 10.9 Å². The molecule has 3 rings (SSSR count). The molecule has 1 aromatic heterocycles. The number of anilines is 1. The van der Waals surface area contributed by atoms with Crippen molar-refractivity contribution in [3.8, 4) is 0 Å². The molecule has 1 saturated carbocycles. The SMILES string of the molecule is NNc1cc(C(=O)NCCC2CCC2)nc2ccccc12. The molecule has 1 aliphatic rings. The molecular weight excluding hydrogens is 264 g/mol. The van der Waals surface area contributed by atoms with Gasteiger partial charge in [-0.1, -0.05) is 37.5 Å². The number of pyridine rings is 1. The number of aromatic nitrogens is 1. The summed E-state index contributed by atoms with van der Waals surface area (Å²) in [6.45, 7) is 0.712. The zero-order valence-corrected chi connectivity index (χ0v) is 11.9. The molecule has 0 atom stereocenters. The van der Waals surface area contributed by atoms with E-state index in [9.17, 15) is 4.79 Å². The normalized spacial score (nSPS) is 14.7. The van der Waals surface area contributed by atoms with Crippen LogP contribution in [-0.4, -0.2) is 17.4 Å². The van der Waals surface area contributed by atoms with Gasteiger partial charge in [0.05, 0.1) is 11.2 Å². The fourth-order valence-corrected chi connectivity index (χ4v) is 2.67. The third kappa shape index (κ3) is 2.97. The Morgan fingerprint density at radius 1 is 1.33 bits per heavy atom. The van der Waals surface area contributed by atoms with E-state index in [-0.39, 0.29) is 5.91 Å². The Bertz CT molecular complexity index is 652. The Labute approximate surface area is 123 Å². The van der Waals surface area contributed by atoms with Crippen LogP contribution < -0.4 is 16.6 Å². The first kappa shape index (κ1) is 13.8. The second kappa shape index (κ2) is 6.10. The molecule has 0 radical (unpaired) electrons. The van der Waals surface area contributed by atoms with E-state index in [1.54, 1.807) is 6.07 Å². The zero-order chi connectivity index (χ0) is 14.7. The summed E-state index contributed by atoms with van der Waals surface area (Å²) in [6.07, 6.45) is 4.98. The van der Waals surface area contributed by atoms with Crippen LogP contribution in [0.1, 0.15) is 36.2 Å². The topological polar surface area (TPSA) is 80.0 Å². The van der Waals surface area contributed by atoms with Gasteiger partial charge in [0, 0.05) is 11.9 Å². The van der Waals surface area contributed by atoms with Crippen LogP contribution in [0.4, 0.5) is 5.69 Å². The number of hydrogen-bond donors (Lipinski definition) is 3. The van der Waals surface area contributed by atoms with Gasteiger partial charge >= 0.3 is 0 Å². The molecule has 1 aromatic carbocycles. The van der Waals surface area contributed by atoms with Crippen molar-refractivity contribution < 1.29 is 4.79 Å². The lowest BCUT2D eigenvalue weighted by Crippen LogP contribution is -2.28. The summed E-state index contributed by atoms with van der Waals surface area (Å²) >= 11 is 0. The Balaban J connectivity index is 1.74. The van der Waals surface area contributed by atoms with Gasteiger partial charge in [0.25, 0.3) is 5.91 Å². The van der Waals surface area contributed by atoms with Gasteiger partial charge in [-0.05, 0) is 24.5 Å². The second-order valence-corrected chi connectivity index (χ2v) is 5.56. The highest BCUT2D eigenvalue weighted by Crippen LogP contribution is 2.28. The number of benzene rings is 1. The van der Waals surface area contributed by atoms with E-state index in [0.29, 0.717) is 17.9 Å². The van der Waals surface area contributed by atoms with Gasteiger partial charge in [0.1, 0.15) is 5.69 Å². The summed E-state index contributed by atoms with van der Waals surface area (Å²) in [7, 11) is 0. The first-order valence-corrected chi connectivity index (χ1v) is 7.42. The van der Waals surface area contributed by atoms with Gasteiger partial charge in [0.2, 0.25) is 0 Å². The van der Waals surface area contributed by atoms with Crippen LogP contribution in [0.3, 0.4) is 0 Å². The molecule has 1 amide bonds. The highest BCUT2D eigenvalue weighted by Gasteiger charge is 2.17. The van der Waals surface area contributed by atoms with Gasteiger partial charge in [-0.2, -0.15) is 0 Å². The standard InChI is InChI=1S/C16H20N4O/c17-20-14-10-15(19-13-7-2-1-6-12(13)14)16(21)18-9-8-11-4-3-5-11/h1-2,6-7,10-11H,3-5,8-9,17H2,(H,18,21)(H,19,20). The third-order valence-corrected chi connectivity index (χ3v) is 4.17. The van der Waals surface area contributed by atoms with E-state index in [1.165, 1.54) is 19.3 Å². The second-order valence-electron chi connectivity index (χ2n) is 5.56. The van der Waals surface area contributed by atoms with Crippen LogP contribution in [0.5, 0.6) is 0 Å². The highest BCUT2D eigenvalue weighted by molar-refractivity contribution is 5.99. The maximum absolute atomic E-state index is 12.2. The Morgan fingerprint density at radius 3 is 2.86 bits per heavy atom. The molecule has 0 unspecified atom stereocenters. The smallest absolute Gasteiger partial charge is 0.269 e. The van der Waals surface area contributed by atoms with Gasteiger partial charge in [0.15, 0.2) is 0 Å². The molecule has 2 aromatic rings. The number of fused-ring (bicyclic) bond motifs is 1. The number of nitrogens with zero attached hydrogens (tertiary/aromatic N) is 1.